The summed E-state index contributed by atoms with van der Waals surface area (Å²) in [5.41, 5.74) is 5.74. The van der Waals surface area contributed by atoms with Gasteiger partial charge in [0.1, 0.15) is 17.5 Å². The fraction of sp³-hybridized carbons (Fsp3) is 0.296. The van der Waals surface area contributed by atoms with Crippen molar-refractivity contribution in [2.45, 2.75) is 33.6 Å². The lowest BCUT2D eigenvalue weighted by molar-refractivity contribution is 0.0516. The van der Waals surface area contributed by atoms with Crippen LogP contribution in [0.3, 0.4) is 0 Å². The SMILES string of the molecule is CCOC(=O)c1c(-c2ccc(-c3cc(CC#N)ccc3OCC)cc2)c(C#N)c(CC)n1C. The standard InChI is InChI=1S/C27H27N3O3/c1-5-23-22(17-29)25(26(30(23)4)27(31)33-7-3)20-11-9-19(10-12-20)21-16-18(14-15-28)8-13-24(21)32-6-2/h8-13,16H,5-7,14H2,1-4H3. The highest BCUT2D eigenvalue weighted by molar-refractivity contribution is 5.98. The Labute approximate surface area is 194 Å². The number of hydrogen-bond donors (Lipinski definition) is 0. The smallest absolute Gasteiger partial charge is 0.355 e. The molecular weight excluding hydrogens is 414 g/mol. The van der Waals surface area contributed by atoms with Crippen LogP contribution in [0.4, 0.5) is 0 Å². The molecule has 1 heterocycles. The molecule has 1 aromatic heterocycles. The average Bonchev–Trinajstić information content (AvgIpc) is 3.12. The van der Waals surface area contributed by atoms with Gasteiger partial charge in [0.25, 0.3) is 0 Å². The highest BCUT2D eigenvalue weighted by Gasteiger charge is 2.26. The Hall–Kier alpha value is -4.03. The quantitative estimate of drug-likeness (QED) is 0.435. The second kappa shape index (κ2) is 10.5. The van der Waals surface area contributed by atoms with Crippen LogP contribution in [0.2, 0.25) is 0 Å². The number of esters is 1. The maximum Gasteiger partial charge on any atom is 0.355 e. The molecule has 0 aliphatic heterocycles. The molecule has 6 nitrogen and oxygen atoms in total. The zero-order valence-electron chi connectivity index (χ0n) is 19.4. The Kier molecular flexibility index (Phi) is 7.53. The highest BCUT2D eigenvalue weighted by atomic mass is 16.5. The first-order valence-corrected chi connectivity index (χ1v) is 11.0. The van der Waals surface area contributed by atoms with Crippen LogP contribution in [0.1, 0.15) is 48.1 Å². The predicted octanol–water partition coefficient (Wildman–Crippen LogP) is 5.43. The molecule has 0 fully saturated rings. The summed E-state index contributed by atoms with van der Waals surface area (Å²) in [4.78, 5) is 12.8. The molecule has 3 aromatic rings. The Balaban J connectivity index is 2.15. The first kappa shape index (κ1) is 23.6. The third-order valence-corrected chi connectivity index (χ3v) is 5.54. The maximum atomic E-state index is 12.8. The summed E-state index contributed by atoms with van der Waals surface area (Å²) in [6, 6.07) is 17.9. The number of aromatic nitrogens is 1. The van der Waals surface area contributed by atoms with Crippen LogP contribution in [0.15, 0.2) is 42.5 Å². The summed E-state index contributed by atoms with van der Waals surface area (Å²) in [6.45, 7) is 6.43. The second-order valence-corrected chi connectivity index (χ2v) is 7.47. The fourth-order valence-electron chi connectivity index (χ4n) is 4.09. The molecule has 0 bridgehead atoms. The molecule has 0 saturated heterocycles. The van der Waals surface area contributed by atoms with Crippen LogP contribution in [0.5, 0.6) is 5.75 Å². The Morgan fingerprint density at radius 1 is 1.00 bits per heavy atom. The summed E-state index contributed by atoms with van der Waals surface area (Å²) in [5.74, 6) is 0.294. The molecule has 0 spiro atoms. The van der Waals surface area contributed by atoms with Crippen molar-refractivity contribution in [3.63, 3.8) is 0 Å². The van der Waals surface area contributed by atoms with Crippen LogP contribution in [-0.2, 0) is 24.6 Å². The lowest BCUT2D eigenvalue weighted by Gasteiger charge is -2.13. The minimum absolute atomic E-state index is 0.255. The van der Waals surface area contributed by atoms with E-state index < -0.39 is 5.97 Å². The molecular formula is C27H27N3O3. The van der Waals surface area contributed by atoms with Gasteiger partial charge in [-0.25, -0.2) is 4.79 Å². The van der Waals surface area contributed by atoms with Crippen LogP contribution < -0.4 is 4.74 Å². The zero-order chi connectivity index (χ0) is 24.0. The van der Waals surface area contributed by atoms with Crippen molar-refractivity contribution in [3.8, 4) is 40.1 Å². The van der Waals surface area contributed by atoms with Gasteiger partial charge >= 0.3 is 5.97 Å². The van der Waals surface area contributed by atoms with Crippen LogP contribution in [0.25, 0.3) is 22.3 Å². The van der Waals surface area contributed by atoms with Crippen molar-refractivity contribution in [1.29, 1.82) is 10.5 Å². The molecule has 6 heteroatoms. The number of benzene rings is 2. The molecule has 0 aliphatic rings. The van der Waals surface area contributed by atoms with Gasteiger partial charge in [-0.1, -0.05) is 37.3 Å². The van der Waals surface area contributed by atoms with Gasteiger partial charge in [-0.05, 0) is 49.1 Å². The van der Waals surface area contributed by atoms with Gasteiger partial charge in [-0.2, -0.15) is 10.5 Å². The van der Waals surface area contributed by atoms with Crippen LogP contribution >= 0.6 is 0 Å². The number of carbonyl (C=O) groups excluding carboxylic acids is 1. The van der Waals surface area contributed by atoms with E-state index in [9.17, 15) is 10.1 Å². The lowest BCUT2D eigenvalue weighted by Crippen LogP contribution is -2.12. The molecule has 0 unspecified atom stereocenters. The molecule has 0 N–H and O–H groups in total. The molecule has 2 aromatic carbocycles. The predicted molar refractivity (Wildman–Crippen MR) is 127 cm³/mol. The Morgan fingerprint density at radius 3 is 2.27 bits per heavy atom. The van der Waals surface area contributed by atoms with Gasteiger partial charge < -0.3 is 14.0 Å². The fourth-order valence-corrected chi connectivity index (χ4v) is 4.09. The third-order valence-electron chi connectivity index (χ3n) is 5.54. The number of hydrogen-bond acceptors (Lipinski definition) is 5. The highest BCUT2D eigenvalue weighted by Crippen LogP contribution is 2.36. The molecule has 0 radical (unpaired) electrons. The van der Waals surface area contributed by atoms with Crippen molar-refractivity contribution in [3.05, 3.63) is 65.0 Å². The van der Waals surface area contributed by atoms with E-state index in [1.54, 1.807) is 18.5 Å². The molecule has 0 atom stereocenters. The van der Waals surface area contributed by atoms with Crippen molar-refractivity contribution in [2.75, 3.05) is 13.2 Å². The summed E-state index contributed by atoms with van der Waals surface area (Å²) in [6.07, 6.45) is 0.934. The first-order valence-electron chi connectivity index (χ1n) is 11.0. The van der Waals surface area contributed by atoms with Gasteiger partial charge in [-0.15, -0.1) is 0 Å². The number of rotatable bonds is 8. The van der Waals surface area contributed by atoms with E-state index in [2.05, 4.69) is 12.1 Å². The molecule has 168 valence electrons. The summed E-state index contributed by atoms with van der Waals surface area (Å²) in [7, 11) is 1.79. The topological polar surface area (TPSA) is 88.0 Å². The van der Waals surface area contributed by atoms with Crippen molar-refractivity contribution in [2.24, 2.45) is 7.05 Å². The van der Waals surface area contributed by atoms with Crippen molar-refractivity contribution >= 4 is 5.97 Å². The molecule has 0 amide bonds. The Bertz CT molecular complexity index is 1240. The van der Waals surface area contributed by atoms with Gasteiger partial charge in [0.2, 0.25) is 0 Å². The minimum Gasteiger partial charge on any atom is -0.493 e. The molecule has 3 rings (SSSR count). The summed E-state index contributed by atoms with van der Waals surface area (Å²) in [5, 5.41) is 19.0. The molecule has 0 saturated carbocycles. The Morgan fingerprint density at radius 2 is 1.70 bits per heavy atom. The van der Waals surface area contributed by atoms with E-state index in [0.29, 0.717) is 36.3 Å². The number of ether oxygens (including phenoxy) is 2. The zero-order valence-corrected chi connectivity index (χ0v) is 19.4. The maximum absolute atomic E-state index is 12.8. The van der Waals surface area contributed by atoms with Crippen LogP contribution in [0, 0.1) is 22.7 Å². The molecule has 33 heavy (non-hydrogen) atoms. The van der Waals surface area contributed by atoms with E-state index in [1.165, 1.54) is 0 Å². The van der Waals surface area contributed by atoms with Gasteiger partial charge in [0.05, 0.1) is 31.3 Å². The van der Waals surface area contributed by atoms with E-state index >= 15 is 0 Å². The van der Waals surface area contributed by atoms with E-state index in [-0.39, 0.29) is 6.61 Å². The number of nitrogens with zero attached hydrogens (tertiary/aromatic N) is 3. The summed E-state index contributed by atoms with van der Waals surface area (Å²) >= 11 is 0. The number of carbonyl (C=O) groups is 1. The van der Waals surface area contributed by atoms with E-state index in [4.69, 9.17) is 14.7 Å². The first-order chi connectivity index (χ1) is 16.0. The van der Waals surface area contributed by atoms with E-state index in [0.717, 1.165) is 33.7 Å². The normalized spacial score (nSPS) is 10.4. The second-order valence-electron chi connectivity index (χ2n) is 7.47. The van der Waals surface area contributed by atoms with E-state index in [1.807, 2.05) is 56.3 Å². The third kappa shape index (κ3) is 4.61. The van der Waals surface area contributed by atoms with Gasteiger partial charge in [0, 0.05) is 23.9 Å². The van der Waals surface area contributed by atoms with Crippen molar-refractivity contribution in [1.82, 2.24) is 4.57 Å². The molecule has 0 aliphatic carbocycles. The average molecular weight is 442 g/mol. The monoisotopic (exact) mass is 441 g/mol. The van der Waals surface area contributed by atoms with Gasteiger partial charge in [-0.3, -0.25) is 0 Å². The lowest BCUT2D eigenvalue weighted by atomic mass is 9.95. The largest absolute Gasteiger partial charge is 0.493 e. The minimum atomic E-state index is -0.446. The van der Waals surface area contributed by atoms with Crippen molar-refractivity contribution < 1.29 is 14.3 Å². The summed E-state index contributed by atoms with van der Waals surface area (Å²) < 4.78 is 12.8. The van der Waals surface area contributed by atoms with Gasteiger partial charge in [0.15, 0.2) is 0 Å². The number of nitriles is 2. The van der Waals surface area contributed by atoms with Crippen LogP contribution in [-0.4, -0.2) is 23.8 Å².